The van der Waals surface area contributed by atoms with Crippen molar-refractivity contribution in [3.8, 4) is 17.2 Å². The average molecular weight is 371 g/mol. The second kappa shape index (κ2) is 6.22. The highest BCUT2D eigenvalue weighted by Gasteiger charge is 2.41. The van der Waals surface area contributed by atoms with Gasteiger partial charge in [-0.05, 0) is 24.6 Å². The van der Waals surface area contributed by atoms with Crippen LogP contribution in [0.25, 0.3) is 0 Å². The van der Waals surface area contributed by atoms with Crippen molar-refractivity contribution in [2.45, 2.75) is 12.8 Å². The van der Waals surface area contributed by atoms with Gasteiger partial charge >= 0.3 is 5.97 Å². The summed E-state index contributed by atoms with van der Waals surface area (Å²) < 4.78 is 23.5. The van der Waals surface area contributed by atoms with Crippen molar-refractivity contribution in [3.05, 3.63) is 40.2 Å². The maximum atomic E-state index is 12.5. The molecule has 0 fully saturated rings. The first-order chi connectivity index (χ1) is 13.0. The van der Waals surface area contributed by atoms with E-state index in [0.29, 0.717) is 22.8 Å². The van der Waals surface area contributed by atoms with Gasteiger partial charge in [0.1, 0.15) is 12.4 Å². The normalized spacial score (nSPS) is 17.8. The third-order valence-electron chi connectivity index (χ3n) is 5.03. The molecular weight excluding hydrogens is 350 g/mol. The molecule has 1 unspecified atom stereocenters. The monoisotopic (exact) mass is 371 g/mol. The Kier molecular flexibility index (Phi) is 3.98. The first-order valence-electron chi connectivity index (χ1n) is 8.50. The number of benzene rings is 1. The minimum Gasteiger partial charge on any atom is -0.493 e. The summed E-state index contributed by atoms with van der Waals surface area (Å²) in [5, 5.41) is 7.83. The third-order valence-corrected chi connectivity index (χ3v) is 5.03. The molecule has 2 aliphatic rings. The van der Waals surface area contributed by atoms with E-state index in [1.165, 1.54) is 0 Å². The van der Waals surface area contributed by atoms with Gasteiger partial charge in [0.25, 0.3) is 0 Å². The van der Waals surface area contributed by atoms with Crippen LogP contribution in [0.3, 0.4) is 0 Å². The Morgan fingerprint density at radius 2 is 1.85 bits per heavy atom. The number of methoxy groups -OCH3 is 3. The number of nitrogens with one attached hydrogen (secondary N) is 1. The van der Waals surface area contributed by atoms with Gasteiger partial charge < -0.3 is 24.3 Å². The molecular formula is C19H21N3O5. The van der Waals surface area contributed by atoms with Crippen molar-refractivity contribution in [1.29, 1.82) is 0 Å². The quantitative estimate of drug-likeness (QED) is 0.824. The maximum Gasteiger partial charge on any atom is 0.337 e. The lowest BCUT2D eigenvalue weighted by molar-refractivity contribution is -0.136. The zero-order chi connectivity index (χ0) is 19.3. The number of nitrogens with zero attached hydrogens (tertiary/aromatic N) is 2. The molecule has 8 nitrogen and oxygen atoms in total. The molecule has 1 aromatic heterocycles. The highest BCUT2D eigenvalue weighted by Crippen LogP contribution is 2.49. The van der Waals surface area contributed by atoms with Crippen molar-refractivity contribution in [2.75, 3.05) is 33.3 Å². The van der Waals surface area contributed by atoms with E-state index in [0.717, 1.165) is 28.3 Å². The molecule has 1 N–H and O–H groups in total. The molecule has 1 aromatic carbocycles. The van der Waals surface area contributed by atoms with Crippen LogP contribution in [-0.4, -0.2) is 43.7 Å². The number of carbonyl (C=O) groups excluding carboxylic acids is 1. The van der Waals surface area contributed by atoms with Gasteiger partial charge in [0, 0.05) is 18.5 Å². The van der Waals surface area contributed by atoms with Crippen molar-refractivity contribution in [1.82, 2.24) is 9.78 Å². The number of fused-ring (bicyclic) bond motifs is 1. The maximum absolute atomic E-state index is 12.5. The zero-order valence-electron chi connectivity index (χ0n) is 15.9. The van der Waals surface area contributed by atoms with Crippen LogP contribution < -0.4 is 19.5 Å². The van der Waals surface area contributed by atoms with Gasteiger partial charge in [-0.3, -0.25) is 4.68 Å². The van der Waals surface area contributed by atoms with E-state index in [4.69, 9.17) is 18.9 Å². The summed E-state index contributed by atoms with van der Waals surface area (Å²) in [4.78, 5) is 12.5. The lowest BCUT2D eigenvalue weighted by Gasteiger charge is -2.26. The SMILES string of the molecule is COc1cc(C2C3=C(COC3=O)Nc3c2c(C)nn3C)cc(OC)c1OC. The fraction of sp³-hybridized carbons (Fsp3) is 0.368. The summed E-state index contributed by atoms with van der Waals surface area (Å²) in [6.45, 7) is 2.15. The largest absolute Gasteiger partial charge is 0.493 e. The van der Waals surface area contributed by atoms with Crippen LogP contribution in [0, 0.1) is 6.92 Å². The molecule has 3 heterocycles. The molecule has 4 rings (SSSR count). The van der Waals surface area contributed by atoms with Gasteiger partial charge in [-0.2, -0.15) is 5.10 Å². The highest BCUT2D eigenvalue weighted by molar-refractivity contribution is 5.97. The number of anilines is 1. The van der Waals surface area contributed by atoms with Crippen molar-refractivity contribution >= 4 is 11.8 Å². The smallest absolute Gasteiger partial charge is 0.337 e. The predicted octanol–water partition coefficient (Wildman–Crippen LogP) is 2.12. The molecule has 27 heavy (non-hydrogen) atoms. The topological polar surface area (TPSA) is 83.8 Å². The summed E-state index contributed by atoms with van der Waals surface area (Å²) in [6, 6.07) is 3.73. The lowest BCUT2D eigenvalue weighted by atomic mass is 9.81. The molecule has 8 heteroatoms. The summed E-state index contributed by atoms with van der Waals surface area (Å²) >= 11 is 0. The summed E-state index contributed by atoms with van der Waals surface area (Å²) in [7, 11) is 6.56. The number of hydrogen-bond donors (Lipinski definition) is 1. The number of esters is 1. The van der Waals surface area contributed by atoms with Crippen molar-refractivity contribution < 1.29 is 23.7 Å². The van der Waals surface area contributed by atoms with Gasteiger partial charge in [-0.15, -0.1) is 0 Å². The fourth-order valence-corrected chi connectivity index (χ4v) is 3.87. The first-order valence-corrected chi connectivity index (χ1v) is 8.50. The van der Waals surface area contributed by atoms with E-state index in [1.54, 1.807) is 26.0 Å². The van der Waals surface area contributed by atoms with Crippen LogP contribution in [0.1, 0.15) is 22.7 Å². The van der Waals surface area contributed by atoms with E-state index in [9.17, 15) is 4.79 Å². The molecule has 0 bridgehead atoms. The third kappa shape index (κ3) is 2.43. The minimum atomic E-state index is -0.339. The van der Waals surface area contributed by atoms with E-state index in [2.05, 4.69) is 10.4 Å². The molecule has 0 saturated heterocycles. The van der Waals surface area contributed by atoms with E-state index in [1.807, 2.05) is 26.1 Å². The average Bonchev–Trinajstić information content (AvgIpc) is 3.18. The van der Waals surface area contributed by atoms with Crippen LogP contribution in [0.4, 0.5) is 5.82 Å². The Balaban J connectivity index is 1.98. The number of cyclic esters (lactones) is 1. The molecule has 0 aliphatic carbocycles. The standard InChI is InChI=1S/C19H21N3O5/c1-9-14-15(10-6-12(24-3)17(26-5)13(7-10)25-4)16-11(8-27-19(16)23)20-18(14)22(2)21-9/h6-7,15,20H,8H2,1-5H3. The Morgan fingerprint density at radius 3 is 2.44 bits per heavy atom. The summed E-state index contributed by atoms with van der Waals surface area (Å²) in [5.74, 6) is 1.75. The van der Waals surface area contributed by atoms with Gasteiger partial charge in [0.2, 0.25) is 5.75 Å². The van der Waals surface area contributed by atoms with Gasteiger partial charge in [-0.25, -0.2) is 4.79 Å². The van der Waals surface area contributed by atoms with Gasteiger partial charge in [0.05, 0.1) is 38.3 Å². The molecule has 0 spiro atoms. The molecule has 1 atom stereocenters. The zero-order valence-corrected chi connectivity index (χ0v) is 15.9. The van der Waals surface area contributed by atoms with Crippen molar-refractivity contribution in [2.24, 2.45) is 7.05 Å². The van der Waals surface area contributed by atoms with Crippen LogP contribution in [0.2, 0.25) is 0 Å². The molecule has 0 saturated carbocycles. The molecule has 0 amide bonds. The van der Waals surface area contributed by atoms with Gasteiger partial charge in [0.15, 0.2) is 11.5 Å². The number of carbonyl (C=O) groups is 1. The van der Waals surface area contributed by atoms with Crippen LogP contribution >= 0.6 is 0 Å². The molecule has 0 radical (unpaired) electrons. The molecule has 2 aliphatic heterocycles. The summed E-state index contributed by atoms with van der Waals surface area (Å²) in [6.07, 6.45) is 0. The minimum absolute atomic E-state index is 0.221. The number of rotatable bonds is 4. The molecule has 142 valence electrons. The Morgan fingerprint density at radius 1 is 1.19 bits per heavy atom. The van der Waals surface area contributed by atoms with E-state index >= 15 is 0 Å². The number of aryl methyl sites for hydroxylation is 2. The highest BCUT2D eigenvalue weighted by atomic mass is 16.5. The van der Waals surface area contributed by atoms with Crippen LogP contribution in [0.5, 0.6) is 17.2 Å². The Hall–Kier alpha value is -3.16. The lowest BCUT2D eigenvalue weighted by Crippen LogP contribution is -2.21. The first kappa shape index (κ1) is 17.3. The molecule has 2 aromatic rings. The Labute approximate surface area is 156 Å². The Bertz CT molecular complexity index is 951. The van der Waals surface area contributed by atoms with Crippen molar-refractivity contribution in [3.63, 3.8) is 0 Å². The fourth-order valence-electron chi connectivity index (χ4n) is 3.87. The van der Waals surface area contributed by atoms with E-state index in [-0.39, 0.29) is 18.5 Å². The second-order valence-electron chi connectivity index (χ2n) is 6.46. The van der Waals surface area contributed by atoms with E-state index < -0.39 is 0 Å². The number of aromatic nitrogens is 2. The predicted molar refractivity (Wildman–Crippen MR) is 97.5 cm³/mol. The second-order valence-corrected chi connectivity index (χ2v) is 6.46. The van der Waals surface area contributed by atoms with Crippen LogP contribution in [0.15, 0.2) is 23.4 Å². The van der Waals surface area contributed by atoms with Gasteiger partial charge in [-0.1, -0.05) is 0 Å². The number of ether oxygens (including phenoxy) is 4. The van der Waals surface area contributed by atoms with Crippen LogP contribution in [-0.2, 0) is 16.6 Å². The summed E-state index contributed by atoms with van der Waals surface area (Å²) in [5.41, 5.74) is 3.96. The number of hydrogen-bond acceptors (Lipinski definition) is 7.